The molecule has 0 spiro atoms. The van der Waals surface area contributed by atoms with E-state index in [4.69, 9.17) is 9.05 Å². The van der Waals surface area contributed by atoms with E-state index in [1.807, 2.05) is 27.2 Å². The lowest BCUT2D eigenvalue weighted by Crippen LogP contribution is -2.45. The van der Waals surface area contributed by atoms with Gasteiger partial charge in [-0.15, -0.1) is 0 Å². The van der Waals surface area contributed by atoms with Gasteiger partial charge in [0.1, 0.15) is 13.2 Å². The number of phosphoric acid groups is 1. The van der Waals surface area contributed by atoms with E-state index >= 15 is 0 Å². The standard InChI is InChI=1S/C60H113N2O6P/c1-6-8-10-12-14-16-18-20-22-24-26-28-30-32-33-35-37-39-41-43-45-47-49-51-53-59(63)58(57-68-69(65,66)67-56-55-62(3,4)5)61-60(64)54-52-50-48-46-44-42-40-38-36-34-31-29-27-25-23-21-19-17-15-13-11-9-7-2/h19,21,25,27,31,34,43,45,51,53,58-59,63H,6-18,20,22-24,26,28-30,32-33,35-42,44,46-50,52,54-57H2,1-5H3,(H-,61,64,65,66)/p+1/b21-19-,27-25-,34-31-,45-43+,53-51+. The van der Waals surface area contributed by atoms with Crippen LogP contribution in [0.25, 0.3) is 0 Å². The number of aliphatic hydroxyl groups excluding tert-OH is 1. The van der Waals surface area contributed by atoms with E-state index in [1.54, 1.807) is 6.08 Å². The van der Waals surface area contributed by atoms with Crippen molar-refractivity contribution in [3.05, 3.63) is 60.8 Å². The van der Waals surface area contributed by atoms with Gasteiger partial charge >= 0.3 is 7.82 Å². The molecule has 0 aromatic heterocycles. The van der Waals surface area contributed by atoms with Gasteiger partial charge in [0.15, 0.2) is 0 Å². The minimum atomic E-state index is -4.36. The van der Waals surface area contributed by atoms with E-state index in [-0.39, 0.29) is 19.1 Å². The Labute approximate surface area is 428 Å². The summed E-state index contributed by atoms with van der Waals surface area (Å²) in [6, 6.07) is -0.871. The lowest BCUT2D eigenvalue weighted by atomic mass is 10.0. The van der Waals surface area contributed by atoms with Crippen LogP contribution in [0.5, 0.6) is 0 Å². The van der Waals surface area contributed by atoms with Gasteiger partial charge in [-0.25, -0.2) is 4.57 Å². The first kappa shape index (κ1) is 67.2. The summed E-state index contributed by atoms with van der Waals surface area (Å²) in [4.78, 5) is 23.3. The van der Waals surface area contributed by atoms with Crippen LogP contribution in [0.15, 0.2) is 60.8 Å². The Morgan fingerprint density at radius 2 is 0.841 bits per heavy atom. The molecule has 0 rings (SSSR count). The molecule has 0 aliphatic rings. The van der Waals surface area contributed by atoms with Crippen molar-refractivity contribution < 1.29 is 32.9 Å². The summed E-state index contributed by atoms with van der Waals surface area (Å²) in [6.45, 7) is 4.80. The molecule has 1 amide bonds. The SMILES string of the molecule is CCCCCCC/C=C\C/C=C\C/C=C\CCCCCCCCCCC(=O)NC(COP(=O)(O)OCC[N+](C)(C)C)C(O)/C=C/CC/C=C/CCCCCCCCCCCCCCCCCCCC. The normalized spacial score (nSPS) is 14.4. The molecule has 0 aliphatic heterocycles. The van der Waals surface area contributed by atoms with Gasteiger partial charge in [-0.2, -0.15) is 0 Å². The van der Waals surface area contributed by atoms with Crippen molar-refractivity contribution in [2.75, 3.05) is 40.9 Å². The third-order valence-corrected chi connectivity index (χ3v) is 13.9. The number of rotatable bonds is 53. The fraction of sp³-hybridized carbons (Fsp3) is 0.817. The zero-order valence-electron chi connectivity index (χ0n) is 46.0. The summed E-state index contributed by atoms with van der Waals surface area (Å²) in [5, 5.41) is 13.9. The Hall–Kier alpha value is -1.80. The number of unbranched alkanes of at least 4 members (excludes halogenated alkanes) is 32. The Bertz CT molecular complexity index is 1310. The van der Waals surface area contributed by atoms with Gasteiger partial charge in [0.05, 0.1) is 39.9 Å². The zero-order chi connectivity index (χ0) is 50.6. The second-order valence-corrected chi connectivity index (χ2v) is 22.5. The van der Waals surface area contributed by atoms with Crippen LogP contribution < -0.4 is 5.32 Å². The van der Waals surface area contributed by atoms with Crippen molar-refractivity contribution in [3.63, 3.8) is 0 Å². The molecule has 9 heteroatoms. The van der Waals surface area contributed by atoms with Crippen LogP contribution >= 0.6 is 7.82 Å². The van der Waals surface area contributed by atoms with Gasteiger partial charge in [0, 0.05) is 6.42 Å². The minimum absolute atomic E-state index is 0.0527. The maximum absolute atomic E-state index is 13.0. The summed E-state index contributed by atoms with van der Waals surface area (Å²) >= 11 is 0. The maximum Gasteiger partial charge on any atom is 0.472 e. The average molecular weight is 991 g/mol. The number of carbonyl (C=O) groups is 1. The monoisotopic (exact) mass is 990 g/mol. The van der Waals surface area contributed by atoms with E-state index < -0.39 is 20.0 Å². The molecule has 0 bridgehead atoms. The highest BCUT2D eigenvalue weighted by molar-refractivity contribution is 7.47. The lowest BCUT2D eigenvalue weighted by molar-refractivity contribution is -0.870. The highest BCUT2D eigenvalue weighted by atomic mass is 31.2. The van der Waals surface area contributed by atoms with Gasteiger partial charge < -0.3 is 19.8 Å². The molecule has 0 aliphatic carbocycles. The average Bonchev–Trinajstić information content (AvgIpc) is 3.31. The highest BCUT2D eigenvalue weighted by Gasteiger charge is 2.27. The fourth-order valence-corrected chi connectivity index (χ4v) is 9.10. The lowest BCUT2D eigenvalue weighted by Gasteiger charge is -2.25. The molecule has 0 saturated heterocycles. The largest absolute Gasteiger partial charge is 0.472 e. The second kappa shape index (κ2) is 51.1. The number of quaternary nitrogens is 1. The number of phosphoric ester groups is 1. The van der Waals surface area contributed by atoms with Crippen LogP contribution in [0.1, 0.15) is 264 Å². The van der Waals surface area contributed by atoms with Crippen molar-refractivity contribution in [3.8, 4) is 0 Å². The van der Waals surface area contributed by atoms with E-state index in [0.29, 0.717) is 17.4 Å². The summed E-state index contributed by atoms with van der Waals surface area (Å²) in [5.41, 5.74) is 0. The van der Waals surface area contributed by atoms with Crippen LogP contribution in [0, 0.1) is 0 Å². The molecule has 69 heavy (non-hydrogen) atoms. The molecule has 404 valence electrons. The molecule has 3 unspecified atom stereocenters. The Morgan fingerprint density at radius 1 is 0.493 bits per heavy atom. The van der Waals surface area contributed by atoms with Gasteiger partial charge in [0.2, 0.25) is 5.91 Å². The van der Waals surface area contributed by atoms with E-state index in [1.165, 1.54) is 186 Å². The van der Waals surface area contributed by atoms with Crippen LogP contribution in [0.4, 0.5) is 0 Å². The first-order valence-corrected chi connectivity index (χ1v) is 30.7. The Morgan fingerprint density at radius 3 is 1.26 bits per heavy atom. The molecule has 0 fully saturated rings. The number of carbonyl (C=O) groups excluding carboxylic acids is 1. The molecule has 0 heterocycles. The molecule has 8 nitrogen and oxygen atoms in total. The summed E-state index contributed by atoms with van der Waals surface area (Å²) in [5.74, 6) is -0.193. The fourth-order valence-electron chi connectivity index (χ4n) is 8.36. The smallest absolute Gasteiger partial charge is 0.387 e. The van der Waals surface area contributed by atoms with Crippen molar-refractivity contribution in [2.45, 2.75) is 276 Å². The number of hydrogen-bond donors (Lipinski definition) is 3. The van der Waals surface area contributed by atoms with Crippen molar-refractivity contribution in [1.29, 1.82) is 0 Å². The van der Waals surface area contributed by atoms with Crippen molar-refractivity contribution in [1.82, 2.24) is 5.32 Å². The number of nitrogens with zero attached hydrogens (tertiary/aromatic N) is 1. The quantitative estimate of drug-likeness (QED) is 0.0243. The van der Waals surface area contributed by atoms with Gasteiger partial charge in [-0.05, 0) is 70.6 Å². The number of aliphatic hydroxyl groups is 1. The number of hydrogen-bond acceptors (Lipinski definition) is 5. The molecule has 0 radical (unpaired) electrons. The van der Waals surface area contributed by atoms with Gasteiger partial charge in [0.25, 0.3) is 0 Å². The number of amides is 1. The third-order valence-electron chi connectivity index (χ3n) is 13.0. The molecule has 0 aromatic rings. The van der Waals surface area contributed by atoms with Crippen LogP contribution in [0.3, 0.4) is 0 Å². The summed E-state index contributed by atoms with van der Waals surface area (Å²) in [6.07, 6.45) is 68.9. The minimum Gasteiger partial charge on any atom is -0.387 e. The zero-order valence-corrected chi connectivity index (χ0v) is 46.9. The summed E-state index contributed by atoms with van der Waals surface area (Å²) in [7, 11) is 1.55. The number of likely N-dealkylation sites (N-methyl/N-ethyl adjacent to an activating group) is 1. The molecular formula is C60H114N2O6P+. The Kier molecular flexibility index (Phi) is 49.8. The Balaban J connectivity index is 4.29. The number of allylic oxidation sites excluding steroid dienone is 9. The van der Waals surface area contributed by atoms with Crippen LogP contribution in [-0.4, -0.2) is 73.4 Å². The first-order valence-electron chi connectivity index (χ1n) is 29.2. The molecular weight excluding hydrogens is 876 g/mol. The van der Waals surface area contributed by atoms with E-state index in [9.17, 15) is 19.4 Å². The van der Waals surface area contributed by atoms with Crippen molar-refractivity contribution >= 4 is 13.7 Å². The molecule has 0 saturated carbocycles. The molecule has 3 N–H and O–H groups in total. The molecule has 0 aromatic carbocycles. The molecule has 3 atom stereocenters. The second-order valence-electron chi connectivity index (χ2n) is 21.0. The third kappa shape index (κ3) is 53.8. The van der Waals surface area contributed by atoms with Gasteiger partial charge in [-0.3, -0.25) is 13.8 Å². The van der Waals surface area contributed by atoms with E-state index in [0.717, 1.165) is 57.8 Å². The van der Waals surface area contributed by atoms with Crippen LogP contribution in [-0.2, 0) is 18.4 Å². The maximum atomic E-state index is 13.0. The summed E-state index contributed by atoms with van der Waals surface area (Å²) < 4.78 is 23.7. The predicted octanol–water partition coefficient (Wildman–Crippen LogP) is 17.7. The topological polar surface area (TPSA) is 105 Å². The highest BCUT2D eigenvalue weighted by Crippen LogP contribution is 2.43. The van der Waals surface area contributed by atoms with Crippen molar-refractivity contribution in [2.24, 2.45) is 0 Å². The number of nitrogens with one attached hydrogen (secondary N) is 1. The first-order chi connectivity index (χ1) is 33.5. The van der Waals surface area contributed by atoms with Gasteiger partial charge in [-0.1, -0.05) is 248 Å². The van der Waals surface area contributed by atoms with E-state index in [2.05, 4.69) is 67.8 Å². The predicted molar refractivity (Wildman–Crippen MR) is 300 cm³/mol. The van der Waals surface area contributed by atoms with Crippen LogP contribution in [0.2, 0.25) is 0 Å².